The number of nitrogens with zero attached hydrogens (tertiary/aromatic N) is 1. The van der Waals surface area contributed by atoms with E-state index in [9.17, 15) is 13.2 Å². The smallest absolute Gasteiger partial charge is 0.318 e. The van der Waals surface area contributed by atoms with Gasteiger partial charge in [0.25, 0.3) is 0 Å². The summed E-state index contributed by atoms with van der Waals surface area (Å²) in [6.45, 7) is -0.636. The van der Waals surface area contributed by atoms with Crippen molar-refractivity contribution in [3.63, 3.8) is 0 Å². The molecule has 0 fully saturated rings. The van der Waals surface area contributed by atoms with E-state index < -0.39 is 22.7 Å². The third-order valence-electron chi connectivity index (χ3n) is 2.40. The second-order valence-electron chi connectivity index (χ2n) is 3.83. The second kappa shape index (κ2) is 6.44. The molecule has 2 N–H and O–H groups in total. The van der Waals surface area contributed by atoms with Crippen molar-refractivity contribution in [3.8, 4) is 11.5 Å². The van der Waals surface area contributed by atoms with Gasteiger partial charge < -0.3 is 14.6 Å². The number of likely N-dealkylation sites (N-methyl/N-ethyl adjacent to an activating group) is 1. The van der Waals surface area contributed by atoms with Crippen molar-refractivity contribution in [2.75, 3.05) is 32.5 Å². The largest absolute Gasteiger partial charge is 0.493 e. The maximum absolute atomic E-state index is 11.9. The van der Waals surface area contributed by atoms with Gasteiger partial charge in [0.1, 0.15) is 6.54 Å². The van der Waals surface area contributed by atoms with Crippen LogP contribution >= 0.6 is 0 Å². The molecule has 0 spiro atoms. The molecule has 1 aromatic rings. The van der Waals surface area contributed by atoms with Gasteiger partial charge in [0.05, 0.1) is 19.9 Å². The quantitative estimate of drug-likeness (QED) is 0.754. The molecule has 0 aromatic heterocycles. The lowest BCUT2D eigenvalue weighted by atomic mass is 10.3. The van der Waals surface area contributed by atoms with E-state index in [1.165, 1.54) is 32.4 Å². The zero-order valence-corrected chi connectivity index (χ0v) is 12.1. The van der Waals surface area contributed by atoms with Crippen molar-refractivity contribution in [1.29, 1.82) is 0 Å². The van der Waals surface area contributed by atoms with E-state index in [-0.39, 0.29) is 5.69 Å². The Hall–Kier alpha value is -2.00. The first-order valence-corrected chi connectivity index (χ1v) is 6.92. The molecule has 1 aromatic carbocycles. The lowest BCUT2D eigenvalue weighted by Gasteiger charge is -2.17. The Kier molecular flexibility index (Phi) is 5.17. The number of carboxylic acid groups (broad SMARTS) is 1. The first kappa shape index (κ1) is 16.1. The number of benzene rings is 1. The molecule has 0 radical (unpaired) electrons. The van der Waals surface area contributed by atoms with Crippen LogP contribution in [-0.4, -0.2) is 51.6 Å². The zero-order chi connectivity index (χ0) is 15.3. The highest BCUT2D eigenvalue weighted by Crippen LogP contribution is 2.30. The van der Waals surface area contributed by atoms with Gasteiger partial charge in [0, 0.05) is 13.1 Å². The Morgan fingerprint density at radius 2 is 1.90 bits per heavy atom. The minimum atomic E-state index is -3.95. The molecule has 0 aliphatic rings. The Balaban J connectivity index is 2.95. The first-order chi connectivity index (χ1) is 9.30. The minimum absolute atomic E-state index is 0.236. The van der Waals surface area contributed by atoms with Crippen molar-refractivity contribution in [1.82, 2.24) is 4.31 Å². The van der Waals surface area contributed by atoms with Gasteiger partial charge in [0.2, 0.25) is 0 Å². The highest BCUT2D eigenvalue weighted by atomic mass is 32.2. The van der Waals surface area contributed by atoms with Crippen LogP contribution in [0.3, 0.4) is 0 Å². The molecule has 1 rings (SSSR count). The van der Waals surface area contributed by atoms with Crippen LogP contribution in [-0.2, 0) is 15.0 Å². The van der Waals surface area contributed by atoms with Crippen molar-refractivity contribution < 1.29 is 27.8 Å². The van der Waals surface area contributed by atoms with Crippen LogP contribution in [0.2, 0.25) is 0 Å². The van der Waals surface area contributed by atoms with Gasteiger partial charge in [-0.2, -0.15) is 12.7 Å². The highest BCUT2D eigenvalue weighted by Gasteiger charge is 2.20. The number of hydrogen-bond donors (Lipinski definition) is 2. The molecule has 112 valence electrons. The van der Waals surface area contributed by atoms with Crippen LogP contribution in [0.1, 0.15) is 0 Å². The van der Waals surface area contributed by atoms with E-state index in [2.05, 4.69) is 4.72 Å². The monoisotopic (exact) mass is 304 g/mol. The number of aliphatic carboxylic acids is 1. The molecule has 0 saturated carbocycles. The maximum atomic E-state index is 11.9. The number of methoxy groups -OCH3 is 2. The van der Waals surface area contributed by atoms with E-state index in [1.807, 2.05) is 0 Å². The fraction of sp³-hybridized carbons (Fsp3) is 0.364. The van der Waals surface area contributed by atoms with Crippen LogP contribution in [0, 0.1) is 0 Å². The lowest BCUT2D eigenvalue weighted by Crippen LogP contribution is -2.36. The molecule has 0 atom stereocenters. The number of nitrogens with one attached hydrogen (secondary N) is 1. The predicted molar refractivity (Wildman–Crippen MR) is 72.4 cm³/mol. The molecule has 20 heavy (non-hydrogen) atoms. The van der Waals surface area contributed by atoms with Crippen molar-refractivity contribution in [3.05, 3.63) is 18.2 Å². The Morgan fingerprint density at radius 1 is 1.30 bits per heavy atom. The Morgan fingerprint density at radius 3 is 2.40 bits per heavy atom. The van der Waals surface area contributed by atoms with Crippen LogP contribution in [0.4, 0.5) is 5.69 Å². The lowest BCUT2D eigenvalue weighted by molar-refractivity contribution is -0.137. The second-order valence-corrected chi connectivity index (χ2v) is 5.60. The third kappa shape index (κ3) is 4.00. The zero-order valence-electron chi connectivity index (χ0n) is 11.3. The molecule has 0 unspecified atom stereocenters. The standard InChI is InChI=1S/C11H16N2O6S/c1-13(7-11(14)15)20(16,17)12-8-4-5-9(18-2)10(6-8)19-3/h4-6,12H,7H2,1-3H3,(H,14,15). The topological polar surface area (TPSA) is 105 Å². The maximum Gasteiger partial charge on any atom is 0.318 e. The van der Waals surface area contributed by atoms with E-state index in [0.29, 0.717) is 15.8 Å². The first-order valence-electron chi connectivity index (χ1n) is 5.48. The number of rotatable bonds is 7. The Bertz CT molecular complexity index is 587. The van der Waals surface area contributed by atoms with Gasteiger partial charge in [-0.05, 0) is 12.1 Å². The molecular weight excluding hydrogens is 288 g/mol. The van der Waals surface area contributed by atoms with Gasteiger partial charge >= 0.3 is 16.2 Å². The summed E-state index contributed by atoms with van der Waals surface area (Å²) in [6, 6.07) is 4.45. The summed E-state index contributed by atoms with van der Waals surface area (Å²) < 4.78 is 36.8. The average Bonchev–Trinajstić information content (AvgIpc) is 2.37. The number of hydrogen-bond acceptors (Lipinski definition) is 5. The van der Waals surface area contributed by atoms with E-state index >= 15 is 0 Å². The molecule has 0 heterocycles. The molecule has 8 nitrogen and oxygen atoms in total. The van der Waals surface area contributed by atoms with E-state index in [4.69, 9.17) is 14.6 Å². The highest BCUT2D eigenvalue weighted by molar-refractivity contribution is 7.90. The third-order valence-corrected chi connectivity index (χ3v) is 3.84. The number of carboxylic acids is 1. The number of carbonyl (C=O) groups is 1. The SMILES string of the molecule is COc1ccc(NS(=O)(=O)N(C)CC(=O)O)cc1OC. The van der Waals surface area contributed by atoms with Crippen molar-refractivity contribution in [2.24, 2.45) is 0 Å². The van der Waals surface area contributed by atoms with Crippen LogP contribution in [0.5, 0.6) is 11.5 Å². The Labute approximate surface area is 117 Å². The molecular formula is C11H16N2O6S. The van der Waals surface area contributed by atoms with E-state index in [1.54, 1.807) is 0 Å². The summed E-state index contributed by atoms with van der Waals surface area (Å²) in [7, 11) is 0.101. The normalized spacial score (nSPS) is 11.2. The summed E-state index contributed by atoms with van der Waals surface area (Å²) in [5, 5.41) is 8.59. The fourth-order valence-electron chi connectivity index (χ4n) is 1.40. The minimum Gasteiger partial charge on any atom is -0.493 e. The summed E-state index contributed by atoms with van der Waals surface area (Å²) in [6.07, 6.45) is 0. The summed E-state index contributed by atoms with van der Waals surface area (Å²) in [4.78, 5) is 10.5. The van der Waals surface area contributed by atoms with Gasteiger partial charge in [-0.25, -0.2) is 0 Å². The van der Waals surface area contributed by atoms with Crippen LogP contribution < -0.4 is 14.2 Å². The van der Waals surface area contributed by atoms with Gasteiger partial charge in [-0.1, -0.05) is 0 Å². The number of ether oxygens (including phenoxy) is 2. The van der Waals surface area contributed by atoms with Crippen LogP contribution in [0.25, 0.3) is 0 Å². The average molecular weight is 304 g/mol. The van der Waals surface area contributed by atoms with Gasteiger partial charge in [-0.3, -0.25) is 9.52 Å². The molecule has 0 amide bonds. The summed E-state index contributed by atoms with van der Waals surface area (Å²) >= 11 is 0. The molecule has 9 heteroatoms. The van der Waals surface area contributed by atoms with Crippen molar-refractivity contribution in [2.45, 2.75) is 0 Å². The molecule has 0 aliphatic carbocycles. The van der Waals surface area contributed by atoms with Crippen molar-refractivity contribution >= 4 is 21.9 Å². The summed E-state index contributed by atoms with van der Waals surface area (Å²) in [5.41, 5.74) is 0.236. The fourth-order valence-corrected chi connectivity index (χ4v) is 2.26. The molecule has 0 saturated heterocycles. The molecule has 0 bridgehead atoms. The predicted octanol–water partition coefficient (Wildman–Crippen LogP) is 0.377. The molecule has 0 aliphatic heterocycles. The number of anilines is 1. The summed E-state index contributed by atoms with van der Waals surface area (Å²) in [5.74, 6) is -0.437. The van der Waals surface area contributed by atoms with Gasteiger partial charge in [0.15, 0.2) is 11.5 Å². The van der Waals surface area contributed by atoms with Crippen LogP contribution in [0.15, 0.2) is 18.2 Å². The van der Waals surface area contributed by atoms with Gasteiger partial charge in [-0.15, -0.1) is 0 Å². The van der Waals surface area contributed by atoms with E-state index in [0.717, 1.165) is 7.05 Å².